The lowest BCUT2D eigenvalue weighted by atomic mass is 10.2. The first-order chi connectivity index (χ1) is 9.58. The highest BCUT2D eigenvalue weighted by Gasteiger charge is 2.07. The summed E-state index contributed by atoms with van der Waals surface area (Å²) in [5.41, 5.74) is 6.84. The molecule has 3 N–H and O–H groups in total. The molecule has 1 aromatic carbocycles. The highest BCUT2D eigenvalue weighted by Crippen LogP contribution is 2.20. The number of hydrogen-bond acceptors (Lipinski definition) is 2. The second-order valence-corrected chi connectivity index (χ2v) is 4.39. The van der Waals surface area contributed by atoms with E-state index in [1.807, 2.05) is 30.3 Å². The predicted octanol–water partition coefficient (Wildman–Crippen LogP) is 3.38. The van der Waals surface area contributed by atoms with E-state index in [1.165, 1.54) is 12.8 Å². The number of nitrogens with zero attached hydrogens (tertiary/aromatic N) is 2. The number of unbranched alkanes of at least 4 members (excludes halogenated alkanes) is 1. The Kier molecular flexibility index (Phi) is 6.29. The number of primary amides is 1. The molecule has 0 atom stereocenters. The Balaban J connectivity index is 0.000000444. The van der Waals surface area contributed by atoms with Crippen LogP contribution in [0.3, 0.4) is 0 Å². The van der Waals surface area contributed by atoms with Crippen LogP contribution in [0.1, 0.15) is 26.7 Å². The fraction of sp³-hybridized carbons (Fsp3) is 0.333. The molecule has 2 amide bonds. The summed E-state index contributed by atoms with van der Waals surface area (Å²) in [5, 5.41) is 6.78. The van der Waals surface area contributed by atoms with E-state index < -0.39 is 6.03 Å². The van der Waals surface area contributed by atoms with Crippen molar-refractivity contribution in [1.29, 1.82) is 0 Å². The molecule has 1 heterocycles. The summed E-state index contributed by atoms with van der Waals surface area (Å²) in [7, 11) is 1.75. The van der Waals surface area contributed by atoms with Crippen molar-refractivity contribution >= 4 is 11.8 Å². The average molecular weight is 274 g/mol. The van der Waals surface area contributed by atoms with Gasteiger partial charge in [0.25, 0.3) is 0 Å². The molecule has 0 saturated carbocycles. The van der Waals surface area contributed by atoms with Crippen LogP contribution >= 0.6 is 0 Å². The zero-order chi connectivity index (χ0) is 15.0. The lowest BCUT2D eigenvalue weighted by molar-refractivity contribution is 0.259. The molecule has 0 bridgehead atoms. The van der Waals surface area contributed by atoms with Gasteiger partial charge < -0.3 is 5.73 Å². The quantitative estimate of drug-likeness (QED) is 0.900. The third-order valence-corrected chi connectivity index (χ3v) is 2.70. The fourth-order valence-electron chi connectivity index (χ4n) is 1.46. The van der Waals surface area contributed by atoms with E-state index >= 15 is 0 Å². The van der Waals surface area contributed by atoms with E-state index in [-0.39, 0.29) is 0 Å². The Morgan fingerprint density at radius 1 is 1.25 bits per heavy atom. The van der Waals surface area contributed by atoms with Crippen molar-refractivity contribution in [3.63, 3.8) is 0 Å². The summed E-state index contributed by atoms with van der Waals surface area (Å²) in [6.07, 6.45) is 2.64. The first kappa shape index (κ1) is 15.8. The smallest absolute Gasteiger partial charge is 0.317 e. The largest absolute Gasteiger partial charge is 0.351 e. The number of carbonyl (C=O) groups excluding carboxylic acids is 1. The Morgan fingerprint density at radius 2 is 1.85 bits per heavy atom. The second kappa shape index (κ2) is 7.99. The minimum absolute atomic E-state index is 0.575. The number of nitrogens with one attached hydrogen (secondary N) is 1. The molecule has 0 aliphatic rings. The molecule has 0 fully saturated rings. The normalized spacial score (nSPS) is 9.55. The maximum Gasteiger partial charge on any atom is 0.317 e. The van der Waals surface area contributed by atoms with E-state index in [9.17, 15) is 4.79 Å². The van der Waals surface area contributed by atoms with E-state index in [4.69, 9.17) is 5.73 Å². The van der Waals surface area contributed by atoms with Gasteiger partial charge in [0.1, 0.15) is 5.82 Å². The third kappa shape index (κ3) is 4.76. The molecule has 1 aromatic heterocycles. The molecule has 0 saturated heterocycles. The first-order valence-electron chi connectivity index (χ1n) is 6.74. The maximum atomic E-state index is 10.7. The van der Waals surface area contributed by atoms with Gasteiger partial charge in [0.2, 0.25) is 0 Å². The number of hydrogen-bond donors (Lipinski definition) is 2. The Hall–Kier alpha value is -2.30. The van der Waals surface area contributed by atoms with Crippen LogP contribution in [0.4, 0.5) is 10.6 Å². The Labute approximate surface area is 119 Å². The number of nitrogens with two attached hydrogens (primary N) is 1. The SMILES string of the molecule is CCCC.Cn1nc(-c2ccccc2)cc1NC(N)=O. The fourth-order valence-corrected chi connectivity index (χ4v) is 1.46. The van der Waals surface area contributed by atoms with Gasteiger partial charge in [-0.25, -0.2) is 4.79 Å². The van der Waals surface area contributed by atoms with Crippen LogP contribution in [0.5, 0.6) is 0 Å². The van der Waals surface area contributed by atoms with Gasteiger partial charge in [0.15, 0.2) is 0 Å². The molecular weight excluding hydrogens is 252 g/mol. The van der Waals surface area contributed by atoms with E-state index in [1.54, 1.807) is 17.8 Å². The third-order valence-electron chi connectivity index (χ3n) is 2.70. The number of carbonyl (C=O) groups is 1. The van der Waals surface area contributed by atoms with Crippen molar-refractivity contribution in [3.05, 3.63) is 36.4 Å². The first-order valence-corrected chi connectivity index (χ1v) is 6.74. The van der Waals surface area contributed by atoms with E-state index in [0.29, 0.717) is 5.82 Å². The van der Waals surface area contributed by atoms with Crippen LogP contribution in [0.15, 0.2) is 36.4 Å². The monoisotopic (exact) mass is 274 g/mol. The van der Waals surface area contributed by atoms with Crippen molar-refractivity contribution in [1.82, 2.24) is 9.78 Å². The standard InChI is InChI=1S/C11H12N4O.C4H10/c1-15-10(13-11(12)16)7-9(14-15)8-5-3-2-4-6-8;1-3-4-2/h2-7H,1H3,(H3,12,13,16);3-4H2,1-2H3. The molecule has 108 valence electrons. The predicted molar refractivity (Wildman–Crippen MR) is 82.4 cm³/mol. The van der Waals surface area contributed by atoms with Crippen molar-refractivity contribution in [2.24, 2.45) is 12.8 Å². The van der Waals surface area contributed by atoms with E-state index in [2.05, 4.69) is 24.3 Å². The van der Waals surface area contributed by atoms with Gasteiger partial charge in [-0.2, -0.15) is 5.10 Å². The lowest BCUT2D eigenvalue weighted by Gasteiger charge is -1.99. The number of benzene rings is 1. The van der Waals surface area contributed by atoms with Gasteiger partial charge in [0, 0.05) is 18.7 Å². The number of anilines is 1. The summed E-state index contributed by atoms with van der Waals surface area (Å²) >= 11 is 0. The maximum absolute atomic E-state index is 10.7. The zero-order valence-electron chi connectivity index (χ0n) is 12.3. The minimum Gasteiger partial charge on any atom is -0.351 e. The van der Waals surface area contributed by atoms with Gasteiger partial charge in [-0.15, -0.1) is 0 Å². The van der Waals surface area contributed by atoms with Gasteiger partial charge in [-0.3, -0.25) is 10.00 Å². The van der Waals surface area contributed by atoms with E-state index in [0.717, 1.165) is 11.3 Å². The van der Waals surface area contributed by atoms with Crippen LogP contribution < -0.4 is 11.1 Å². The van der Waals surface area contributed by atoms with Crippen molar-refractivity contribution in [3.8, 4) is 11.3 Å². The van der Waals surface area contributed by atoms with Crippen LogP contribution in [0, 0.1) is 0 Å². The number of aryl methyl sites for hydroxylation is 1. The summed E-state index contributed by atoms with van der Waals surface area (Å²) in [5.74, 6) is 0.575. The number of urea groups is 1. The highest BCUT2D eigenvalue weighted by atomic mass is 16.2. The molecule has 0 aliphatic heterocycles. The molecule has 0 aliphatic carbocycles. The van der Waals surface area contributed by atoms with Crippen molar-refractivity contribution in [2.45, 2.75) is 26.7 Å². The summed E-state index contributed by atoms with van der Waals surface area (Å²) in [6, 6.07) is 10.9. The molecule has 0 unspecified atom stereocenters. The van der Waals surface area contributed by atoms with Crippen molar-refractivity contribution in [2.75, 3.05) is 5.32 Å². The van der Waals surface area contributed by atoms with Gasteiger partial charge in [0.05, 0.1) is 5.69 Å². The molecule has 0 spiro atoms. The minimum atomic E-state index is -0.595. The highest BCUT2D eigenvalue weighted by molar-refractivity contribution is 5.87. The number of amides is 2. The van der Waals surface area contributed by atoms with Gasteiger partial charge >= 0.3 is 6.03 Å². The second-order valence-electron chi connectivity index (χ2n) is 4.39. The van der Waals surface area contributed by atoms with Crippen LogP contribution in [0.25, 0.3) is 11.3 Å². The molecule has 20 heavy (non-hydrogen) atoms. The van der Waals surface area contributed by atoms with Crippen LogP contribution in [0.2, 0.25) is 0 Å². The number of aromatic nitrogens is 2. The van der Waals surface area contributed by atoms with Crippen molar-refractivity contribution < 1.29 is 4.79 Å². The van der Waals surface area contributed by atoms with Gasteiger partial charge in [-0.05, 0) is 0 Å². The summed E-state index contributed by atoms with van der Waals surface area (Å²) < 4.78 is 1.58. The molecule has 2 rings (SSSR count). The lowest BCUT2D eigenvalue weighted by Crippen LogP contribution is -2.20. The zero-order valence-corrected chi connectivity index (χ0v) is 12.3. The number of rotatable bonds is 3. The molecule has 5 nitrogen and oxygen atoms in total. The molecule has 2 aromatic rings. The summed E-state index contributed by atoms with van der Waals surface area (Å²) in [6.45, 7) is 4.36. The van der Waals surface area contributed by atoms with Crippen LogP contribution in [-0.2, 0) is 7.05 Å². The summed E-state index contributed by atoms with van der Waals surface area (Å²) in [4.78, 5) is 10.7. The Bertz CT molecular complexity index is 532. The molecule has 0 radical (unpaired) electrons. The Morgan fingerprint density at radius 3 is 2.35 bits per heavy atom. The van der Waals surface area contributed by atoms with Crippen LogP contribution in [-0.4, -0.2) is 15.8 Å². The topological polar surface area (TPSA) is 72.9 Å². The average Bonchev–Trinajstić information content (AvgIpc) is 2.81. The molecule has 5 heteroatoms. The van der Waals surface area contributed by atoms with Gasteiger partial charge in [-0.1, -0.05) is 57.0 Å². The molecular formula is C15H22N4O.